The van der Waals surface area contributed by atoms with E-state index in [4.69, 9.17) is 27.8 Å². The minimum Gasteiger partial charge on any atom is -0.282 e. The van der Waals surface area contributed by atoms with Gasteiger partial charge in [0.1, 0.15) is 10.0 Å². The van der Waals surface area contributed by atoms with Crippen LogP contribution in [0.15, 0.2) is 17.2 Å². The summed E-state index contributed by atoms with van der Waals surface area (Å²) in [5, 5.41) is -0.0316. The number of pyridine rings is 1. The van der Waals surface area contributed by atoms with E-state index in [1.54, 1.807) is 0 Å². The van der Waals surface area contributed by atoms with Crippen LogP contribution in [0.3, 0.4) is 0 Å². The molecule has 0 spiro atoms. The van der Waals surface area contributed by atoms with E-state index in [-0.39, 0.29) is 27.5 Å². The third kappa shape index (κ3) is 3.28. The quantitative estimate of drug-likeness (QED) is 0.623. The second kappa shape index (κ2) is 4.43. The largest absolute Gasteiger partial charge is 0.296 e. The van der Waals surface area contributed by atoms with Gasteiger partial charge in [-0.3, -0.25) is 4.55 Å². The zero-order valence-electron chi connectivity index (χ0n) is 5.94. The third-order valence-electron chi connectivity index (χ3n) is 1.07. The summed E-state index contributed by atoms with van der Waals surface area (Å²) in [6.07, 6.45) is 0.920. The van der Waals surface area contributed by atoms with Gasteiger partial charge in [-0.1, -0.05) is 23.2 Å². The maximum absolute atomic E-state index is 10.5. The van der Waals surface area contributed by atoms with Gasteiger partial charge in [0.2, 0.25) is 0 Å². The molecule has 0 unspecified atom stereocenters. The molecule has 0 saturated carbocycles. The van der Waals surface area contributed by atoms with Crippen molar-refractivity contribution in [3.05, 3.63) is 22.4 Å². The molecule has 0 amide bonds. The lowest BCUT2D eigenvalue weighted by Gasteiger charge is -1.97. The molecule has 0 aliphatic rings. The van der Waals surface area contributed by atoms with Gasteiger partial charge in [0.15, 0.2) is 0 Å². The summed E-state index contributed by atoms with van der Waals surface area (Å²) < 4.78 is 29.6. The molecule has 4 nitrogen and oxygen atoms in total. The fraction of sp³-hybridized carbons (Fsp3) is 0. The monoisotopic (exact) mass is 263 g/mol. The van der Waals surface area contributed by atoms with Gasteiger partial charge >= 0.3 is 0 Å². The van der Waals surface area contributed by atoms with Crippen LogP contribution in [-0.4, -0.2) is 18.0 Å². The zero-order chi connectivity index (χ0) is 9.35. The number of nitrogens with zero attached hydrogens (tertiary/aromatic N) is 1. The molecule has 1 heterocycles. The molecular formula is C5H4Cl3NO3S. The molecule has 0 atom stereocenters. The molecular weight excluding hydrogens is 260 g/mol. The lowest BCUT2D eigenvalue weighted by Crippen LogP contribution is -1.98. The minimum absolute atomic E-state index is 0. The Bertz CT molecular complexity index is 405. The average molecular weight is 265 g/mol. The van der Waals surface area contributed by atoms with Gasteiger partial charge < -0.3 is 0 Å². The number of halogens is 3. The number of aromatic nitrogens is 1. The summed E-state index contributed by atoms with van der Waals surface area (Å²) in [5.41, 5.74) is 0. The van der Waals surface area contributed by atoms with Crippen molar-refractivity contribution in [3.63, 3.8) is 0 Å². The fourth-order valence-corrected chi connectivity index (χ4v) is 1.33. The van der Waals surface area contributed by atoms with E-state index < -0.39 is 10.1 Å². The van der Waals surface area contributed by atoms with Crippen LogP contribution in [0.25, 0.3) is 0 Å². The van der Waals surface area contributed by atoms with Crippen LogP contribution in [0.5, 0.6) is 0 Å². The van der Waals surface area contributed by atoms with Crippen LogP contribution in [0.1, 0.15) is 0 Å². The van der Waals surface area contributed by atoms with E-state index >= 15 is 0 Å². The molecule has 13 heavy (non-hydrogen) atoms. The maximum atomic E-state index is 10.5. The standard InChI is InChI=1S/C5H3Cl2NO3S.ClH/c6-4-1-3(12(9,10)11)2-8-5(4)7;/h1-2H,(H,9,10,11);1H. The first-order valence-corrected chi connectivity index (χ1v) is 4.89. The van der Waals surface area contributed by atoms with E-state index in [0.717, 1.165) is 12.3 Å². The van der Waals surface area contributed by atoms with Gasteiger partial charge in [-0.05, 0) is 6.07 Å². The van der Waals surface area contributed by atoms with Crippen molar-refractivity contribution < 1.29 is 13.0 Å². The molecule has 0 aliphatic heterocycles. The van der Waals surface area contributed by atoms with Crippen LogP contribution >= 0.6 is 35.6 Å². The predicted octanol–water partition coefficient (Wildman–Crippen LogP) is 2.06. The topological polar surface area (TPSA) is 67.3 Å². The summed E-state index contributed by atoms with van der Waals surface area (Å²) in [4.78, 5) is 3.06. The number of hydrogen-bond donors (Lipinski definition) is 1. The van der Waals surface area contributed by atoms with Crippen molar-refractivity contribution >= 4 is 45.7 Å². The molecule has 0 aliphatic carbocycles. The van der Waals surface area contributed by atoms with E-state index in [2.05, 4.69) is 4.98 Å². The van der Waals surface area contributed by atoms with Gasteiger partial charge in [-0.15, -0.1) is 12.4 Å². The third-order valence-corrected chi connectivity index (χ3v) is 2.57. The first kappa shape index (κ1) is 12.9. The average Bonchev–Trinajstić information content (AvgIpc) is 1.92. The van der Waals surface area contributed by atoms with E-state index in [1.807, 2.05) is 0 Å². The van der Waals surface area contributed by atoms with E-state index in [9.17, 15) is 8.42 Å². The summed E-state index contributed by atoms with van der Waals surface area (Å²) in [6, 6.07) is 1.02. The van der Waals surface area contributed by atoms with Gasteiger partial charge in [0.05, 0.1) is 5.02 Å². The maximum Gasteiger partial charge on any atom is 0.296 e. The smallest absolute Gasteiger partial charge is 0.282 e. The van der Waals surface area contributed by atoms with Crippen molar-refractivity contribution in [1.82, 2.24) is 4.98 Å². The summed E-state index contributed by atoms with van der Waals surface area (Å²) >= 11 is 10.9. The van der Waals surface area contributed by atoms with Gasteiger partial charge in [0.25, 0.3) is 10.1 Å². The molecule has 0 aromatic carbocycles. The lowest BCUT2D eigenvalue weighted by atomic mass is 10.5. The zero-order valence-corrected chi connectivity index (χ0v) is 9.08. The van der Waals surface area contributed by atoms with Crippen molar-refractivity contribution in [2.24, 2.45) is 0 Å². The second-order valence-electron chi connectivity index (χ2n) is 1.92. The first-order valence-electron chi connectivity index (χ1n) is 2.70. The van der Waals surface area contributed by atoms with Crippen molar-refractivity contribution in [2.45, 2.75) is 4.90 Å². The molecule has 0 bridgehead atoms. The lowest BCUT2D eigenvalue weighted by molar-refractivity contribution is 0.483. The Kier molecular flexibility index (Phi) is 4.41. The van der Waals surface area contributed by atoms with E-state index in [0.29, 0.717) is 0 Å². The number of hydrogen-bond acceptors (Lipinski definition) is 3. The highest BCUT2D eigenvalue weighted by Crippen LogP contribution is 2.21. The Hall–Kier alpha value is -0.0700. The Morgan fingerprint density at radius 3 is 2.31 bits per heavy atom. The van der Waals surface area contributed by atoms with Crippen LogP contribution in [0.4, 0.5) is 0 Å². The molecule has 1 N–H and O–H groups in total. The normalized spacial score (nSPS) is 10.7. The van der Waals surface area contributed by atoms with Gasteiger partial charge in [-0.2, -0.15) is 8.42 Å². The van der Waals surface area contributed by atoms with E-state index in [1.165, 1.54) is 0 Å². The van der Waals surface area contributed by atoms with Gasteiger partial charge in [0, 0.05) is 6.20 Å². The van der Waals surface area contributed by atoms with Crippen molar-refractivity contribution in [1.29, 1.82) is 0 Å². The molecule has 8 heteroatoms. The molecule has 1 rings (SSSR count). The Balaban J connectivity index is 0.00000144. The van der Waals surface area contributed by atoms with Crippen LogP contribution in [0, 0.1) is 0 Å². The highest BCUT2D eigenvalue weighted by Gasteiger charge is 2.11. The molecule has 0 fully saturated rings. The molecule has 0 saturated heterocycles. The van der Waals surface area contributed by atoms with Crippen LogP contribution < -0.4 is 0 Å². The Labute approximate surface area is 91.0 Å². The Morgan fingerprint density at radius 1 is 1.38 bits per heavy atom. The van der Waals surface area contributed by atoms with Gasteiger partial charge in [-0.25, -0.2) is 4.98 Å². The summed E-state index contributed by atoms with van der Waals surface area (Å²) in [6.45, 7) is 0. The summed E-state index contributed by atoms with van der Waals surface area (Å²) in [7, 11) is -4.25. The minimum atomic E-state index is -4.25. The summed E-state index contributed by atoms with van der Waals surface area (Å²) in [5.74, 6) is 0. The highest BCUT2D eigenvalue weighted by atomic mass is 35.5. The predicted molar refractivity (Wildman–Crippen MR) is 51.3 cm³/mol. The van der Waals surface area contributed by atoms with Crippen molar-refractivity contribution in [3.8, 4) is 0 Å². The van der Waals surface area contributed by atoms with Crippen LogP contribution in [-0.2, 0) is 10.1 Å². The fourth-order valence-electron chi connectivity index (χ4n) is 0.545. The molecule has 0 radical (unpaired) electrons. The second-order valence-corrected chi connectivity index (χ2v) is 4.11. The molecule has 1 aromatic rings. The van der Waals surface area contributed by atoms with Crippen LogP contribution in [0.2, 0.25) is 10.2 Å². The van der Waals surface area contributed by atoms with Crippen molar-refractivity contribution in [2.75, 3.05) is 0 Å². The first-order chi connectivity index (χ1) is 5.41. The number of rotatable bonds is 1. The highest BCUT2D eigenvalue weighted by molar-refractivity contribution is 7.85. The molecule has 1 aromatic heterocycles. The SMILES string of the molecule is Cl.O=S(=O)(O)c1cnc(Cl)c(Cl)c1. The Morgan fingerprint density at radius 2 is 1.92 bits per heavy atom. The molecule has 74 valence electrons.